The Kier molecular flexibility index (Phi) is 4.79. The van der Waals surface area contributed by atoms with E-state index in [1.54, 1.807) is 0 Å². The van der Waals surface area contributed by atoms with Crippen molar-refractivity contribution in [2.45, 2.75) is 25.4 Å². The summed E-state index contributed by atoms with van der Waals surface area (Å²) in [5.74, 6) is -1.64. The lowest BCUT2D eigenvalue weighted by Gasteiger charge is -2.12. The molecule has 1 fully saturated rings. The van der Waals surface area contributed by atoms with Gasteiger partial charge in [-0.2, -0.15) is 9.78 Å². The van der Waals surface area contributed by atoms with E-state index in [0.29, 0.717) is 5.56 Å². The Balaban J connectivity index is 1.85. The van der Waals surface area contributed by atoms with Crippen LogP contribution in [0.5, 0.6) is 0 Å². The summed E-state index contributed by atoms with van der Waals surface area (Å²) in [4.78, 5) is 38.3. The van der Waals surface area contributed by atoms with E-state index in [4.69, 9.17) is 0 Å². The molecule has 1 aliphatic carbocycles. The summed E-state index contributed by atoms with van der Waals surface area (Å²) in [6.07, 6.45) is 1.63. The van der Waals surface area contributed by atoms with Gasteiger partial charge in [0.2, 0.25) is 5.69 Å². The van der Waals surface area contributed by atoms with Crippen LogP contribution in [0.25, 0.3) is 5.69 Å². The highest BCUT2D eigenvalue weighted by Gasteiger charge is 2.27. The van der Waals surface area contributed by atoms with Gasteiger partial charge in [-0.25, -0.2) is 13.6 Å². The van der Waals surface area contributed by atoms with Crippen molar-refractivity contribution in [3.8, 4) is 5.69 Å². The summed E-state index contributed by atoms with van der Waals surface area (Å²) < 4.78 is 28.2. The Bertz CT molecular complexity index is 1180. The number of halogens is 2. The van der Waals surface area contributed by atoms with E-state index < -0.39 is 34.5 Å². The lowest BCUT2D eigenvalue weighted by atomic mass is 10.2. The van der Waals surface area contributed by atoms with Crippen LogP contribution >= 0.6 is 0 Å². The van der Waals surface area contributed by atoms with E-state index in [0.717, 1.165) is 34.2 Å². The normalized spacial score (nSPS) is 13.3. The van der Waals surface area contributed by atoms with Crippen molar-refractivity contribution in [1.82, 2.24) is 19.7 Å². The topological polar surface area (TPSA) is 86.0 Å². The molecule has 29 heavy (non-hydrogen) atoms. The number of rotatable bonds is 5. The highest BCUT2D eigenvalue weighted by atomic mass is 19.1. The summed E-state index contributed by atoms with van der Waals surface area (Å²) in [5.41, 5.74) is -1.39. The summed E-state index contributed by atoms with van der Waals surface area (Å²) in [7, 11) is 0. The minimum Gasteiger partial charge on any atom is -0.348 e. The number of nitrogens with zero attached hydrogens (tertiary/aromatic N) is 3. The molecule has 7 nitrogen and oxygen atoms in total. The Labute approximate surface area is 163 Å². The molecule has 3 aromatic rings. The molecule has 1 saturated carbocycles. The van der Waals surface area contributed by atoms with Gasteiger partial charge >= 0.3 is 5.69 Å². The molecule has 1 aliphatic rings. The predicted molar refractivity (Wildman–Crippen MR) is 100 cm³/mol. The molecule has 1 aromatic heterocycles. The largest absolute Gasteiger partial charge is 0.352 e. The molecule has 0 bridgehead atoms. The van der Waals surface area contributed by atoms with E-state index in [2.05, 4.69) is 10.4 Å². The van der Waals surface area contributed by atoms with Crippen molar-refractivity contribution in [3.63, 3.8) is 0 Å². The van der Waals surface area contributed by atoms with Gasteiger partial charge in [-0.1, -0.05) is 12.1 Å². The van der Waals surface area contributed by atoms with Crippen molar-refractivity contribution in [1.29, 1.82) is 0 Å². The van der Waals surface area contributed by atoms with E-state index in [9.17, 15) is 23.2 Å². The van der Waals surface area contributed by atoms with Crippen molar-refractivity contribution in [2.75, 3.05) is 0 Å². The molecule has 4 rings (SSSR count). The number of carbonyl (C=O) groups excluding carboxylic acids is 1. The Morgan fingerprint density at radius 1 is 1.00 bits per heavy atom. The molecule has 0 atom stereocenters. The molecule has 2 aromatic carbocycles. The van der Waals surface area contributed by atoms with Gasteiger partial charge < -0.3 is 5.32 Å². The number of hydrogen-bond acceptors (Lipinski definition) is 4. The highest BCUT2D eigenvalue weighted by Crippen LogP contribution is 2.18. The lowest BCUT2D eigenvalue weighted by Crippen LogP contribution is -2.46. The molecule has 0 radical (unpaired) electrons. The second-order valence-corrected chi connectivity index (χ2v) is 6.78. The van der Waals surface area contributed by atoms with Crippen LogP contribution in [-0.2, 0) is 6.54 Å². The van der Waals surface area contributed by atoms with Crippen LogP contribution in [0.2, 0.25) is 0 Å². The number of nitrogens with one attached hydrogen (secondary N) is 1. The minimum atomic E-state index is -0.851. The summed E-state index contributed by atoms with van der Waals surface area (Å²) in [5, 5.41) is 6.62. The number of benzene rings is 2. The maximum Gasteiger partial charge on any atom is 0.352 e. The zero-order valence-electron chi connectivity index (χ0n) is 15.1. The van der Waals surface area contributed by atoms with Gasteiger partial charge in [0, 0.05) is 6.04 Å². The van der Waals surface area contributed by atoms with Crippen LogP contribution < -0.4 is 16.6 Å². The van der Waals surface area contributed by atoms with Gasteiger partial charge in [0.05, 0.1) is 12.2 Å². The van der Waals surface area contributed by atoms with Crippen LogP contribution in [0, 0.1) is 11.6 Å². The summed E-state index contributed by atoms with van der Waals surface area (Å²) in [6, 6.07) is 10.2. The molecule has 0 unspecified atom stereocenters. The van der Waals surface area contributed by atoms with Crippen LogP contribution in [0.3, 0.4) is 0 Å². The number of hydrogen-bond donors (Lipinski definition) is 1. The lowest BCUT2D eigenvalue weighted by molar-refractivity contribution is 0.0941. The first-order valence-electron chi connectivity index (χ1n) is 8.98. The predicted octanol–water partition coefficient (Wildman–Crippen LogP) is 1.61. The first kappa shape index (κ1) is 18.7. The maximum atomic E-state index is 13.3. The molecule has 0 spiro atoms. The Morgan fingerprint density at radius 2 is 1.59 bits per heavy atom. The number of aromatic nitrogens is 3. The zero-order chi connectivity index (χ0) is 20.5. The second-order valence-electron chi connectivity index (χ2n) is 6.78. The fourth-order valence-electron chi connectivity index (χ4n) is 2.80. The number of amides is 1. The van der Waals surface area contributed by atoms with E-state index in [1.165, 1.54) is 36.4 Å². The summed E-state index contributed by atoms with van der Waals surface area (Å²) in [6.45, 7) is -0.175. The minimum absolute atomic E-state index is 0.0135. The molecular weight excluding hydrogens is 382 g/mol. The zero-order valence-corrected chi connectivity index (χ0v) is 15.1. The molecule has 0 aliphatic heterocycles. The fraction of sp³-hybridized carbons (Fsp3) is 0.200. The molecule has 9 heteroatoms. The molecule has 0 saturated heterocycles. The third kappa shape index (κ3) is 3.98. The molecule has 148 valence electrons. The van der Waals surface area contributed by atoms with Crippen LogP contribution in [0.4, 0.5) is 8.78 Å². The van der Waals surface area contributed by atoms with E-state index >= 15 is 0 Å². The smallest absolute Gasteiger partial charge is 0.348 e. The van der Waals surface area contributed by atoms with Crippen LogP contribution in [0.1, 0.15) is 28.9 Å². The number of carbonyl (C=O) groups is 1. The average Bonchev–Trinajstić information content (AvgIpc) is 3.51. The summed E-state index contributed by atoms with van der Waals surface area (Å²) >= 11 is 0. The van der Waals surface area contributed by atoms with Gasteiger partial charge in [0.1, 0.15) is 11.6 Å². The second kappa shape index (κ2) is 7.42. The standard InChI is InChI=1S/C20H16F2N4O3/c21-13-3-1-12(2-4-13)11-25-19(28)17(18(27)23-15-7-8-15)24-26(20(25)29)16-9-5-14(22)6-10-16/h1-6,9-10,15H,7-8,11H2,(H,23,27). The van der Waals surface area contributed by atoms with Crippen molar-refractivity contribution in [2.24, 2.45) is 0 Å². The first-order chi connectivity index (χ1) is 13.9. The van der Waals surface area contributed by atoms with Crippen LogP contribution in [0.15, 0.2) is 58.1 Å². The van der Waals surface area contributed by atoms with Gasteiger partial charge in [-0.05, 0) is 54.8 Å². The highest BCUT2D eigenvalue weighted by molar-refractivity contribution is 5.92. The molecule has 1 N–H and O–H groups in total. The van der Waals surface area contributed by atoms with Crippen LogP contribution in [-0.4, -0.2) is 26.3 Å². The molecular formula is C20H16F2N4O3. The van der Waals surface area contributed by atoms with E-state index in [1.807, 2.05) is 0 Å². The van der Waals surface area contributed by atoms with Gasteiger partial charge in [-0.15, -0.1) is 0 Å². The monoisotopic (exact) mass is 398 g/mol. The van der Waals surface area contributed by atoms with Gasteiger partial charge in [0.15, 0.2) is 0 Å². The third-order valence-electron chi connectivity index (χ3n) is 4.51. The first-order valence-corrected chi connectivity index (χ1v) is 8.98. The average molecular weight is 398 g/mol. The SMILES string of the molecule is O=C(NC1CC1)c1nn(-c2ccc(F)cc2)c(=O)n(Cc2ccc(F)cc2)c1=O. The van der Waals surface area contributed by atoms with Crippen molar-refractivity contribution >= 4 is 5.91 Å². The van der Waals surface area contributed by atoms with Gasteiger partial charge in [0.25, 0.3) is 11.5 Å². The quantitative estimate of drug-likeness (QED) is 0.708. The van der Waals surface area contributed by atoms with Gasteiger partial charge in [-0.3, -0.25) is 14.2 Å². The Hall–Kier alpha value is -3.62. The maximum absolute atomic E-state index is 13.3. The molecule has 1 amide bonds. The Morgan fingerprint density at radius 3 is 2.17 bits per heavy atom. The fourth-order valence-corrected chi connectivity index (χ4v) is 2.80. The van der Waals surface area contributed by atoms with Crippen molar-refractivity contribution in [3.05, 3.63) is 92.3 Å². The van der Waals surface area contributed by atoms with Crippen molar-refractivity contribution < 1.29 is 13.6 Å². The molecule has 1 heterocycles. The van der Waals surface area contributed by atoms with E-state index in [-0.39, 0.29) is 18.3 Å². The third-order valence-corrected chi connectivity index (χ3v) is 4.51.